The van der Waals surface area contributed by atoms with Crippen LogP contribution in [0.15, 0.2) is 60.7 Å². The fourth-order valence-corrected chi connectivity index (χ4v) is 2.82. The van der Waals surface area contributed by atoms with Gasteiger partial charge >= 0.3 is 6.09 Å². The molecule has 3 N–H and O–H groups in total. The molecular formula is C24H31N3O4. The van der Waals surface area contributed by atoms with E-state index in [-0.39, 0.29) is 25.0 Å². The number of carbonyl (C=O) groups excluding carboxylic acids is 3. The van der Waals surface area contributed by atoms with E-state index in [1.165, 1.54) is 0 Å². The SMILES string of the molecule is CCC(C)NC(=O)C(C)NC(=O)[C@H](Cc1ccccc1)NC(=O)OCc1ccccc1. The van der Waals surface area contributed by atoms with Crippen molar-refractivity contribution in [1.29, 1.82) is 0 Å². The molecule has 0 spiro atoms. The molecule has 0 radical (unpaired) electrons. The number of amides is 3. The van der Waals surface area contributed by atoms with Gasteiger partial charge in [-0.2, -0.15) is 0 Å². The number of hydrogen-bond donors (Lipinski definition) is 3. The van der Waals surface area contributed by atoms with E-state index in [2.05, 4.69) is 16.0 Å². The fourth-order valence-electron chi connectivity index (χ4n) is 2.82. The largest absolute Gasteiger partial charge is 0.445 e. The van der Waals surface area contributed by atoms with E-state index in [1.807, 2.05) is 74.5 Å². The Morgan fingerprint density at radius 2 is 1.39 bits per heavy atom. The van der Waals surface area contributed by atoms with Gasteiger partial charge in [-0.15, -0.1) is 0 Å². The van der Waals surface area contributed by atoms with Crippen LogP contribution < -0.4 is 16.0 Å². The van der Waals surface area contributed by atoms with Crippen molar-refractivity contribution in [2.45, 2.75) is 58.3 Å². The zero-order valence-electron chi connectivity index (χ0n) is 18.3. The average Bonchev–Trinajstić information content (AvgIpc) is 2.78. The molecule has 0 fully saturated rings. The molecule has 0 aliphatic rings. The van der Waals surface area contributed by atoms with Crippen molar-refractivity contribution in [2.24, 2.45) is 0 Å². The molecule has 0 heterocycles. The van der Waals surface area contributed by atoms with Crippen LogP contribution in [0.3, 0.4) is 0 Å². The van der Waals surface area contributed by atoms with Crippen LogP contribution in [0.25, 0.3) is 0 Å². The molecule has 2 aromatic carbocycles. The van der Waals surface area contributed by atoms with Crippen LogP contribution in [0.1, 0.15) is 38.3 Å². The van der Waals surface area contributed by atoms with Crippen LogP contribution in [0, 0.1) is 0 Å². The molecule has 166 valence electrons. The summed E-state index contributed by atoms with van der Waals surface area (Å²) in [4.78, 5) is 37.5. The number of benzene rings is 2. The topological polar surface area (TPSA) is 96.5 Å². The Kier molecular flexibility index (Phi) is 9.55. The normalized spacial score (nSPS) is 13.4. The summed E-state index contributed by atoms with van der Waals surface area (Å²) in [6.45, 7) is 5.58. The number of alkyl carbamates (subject to hydrolysis) is 1. The molecule has 0 aliphatic carbocycles. The van der Waals surface area contributed by atoms with Gasteiger partial charge in [-0.05, 0) is 31.4 Å². The summed E-state index contributed by atoms with van der Waals surface area (Å²) in [5, 5.41) is 8.15. The molecule has 3 amide bonds. The molecular weight excluding hydrogens is 394 g/mol. The highest BCUT2D eigenvalue weighted by molar-refractivity contribution is 5.91. The van der Waals surface area contributed by atoms with Crippen LogP contribution in [0.2, 0.25) is 0 Å². The van der Waals surface area contributed by atoms with Crippen molar-refractivity contribution < 1.29 is 19.1 Å². The average molecular weight is 426 g/mol. The van der Waals surface area contributed by atoms with E-state index in [9.17, 15) is 14.4 Å². The minimum atomic E-state index is -0.885. The minimum Gasteiger partial charge on any atom is -0.445 e. The number of nitrogens with one attached hydrogen (secondary N) is 3. The Morgan fingerprint density at radius 3 is 1.97 bits per heavy atom. The third-order valence-electron chi connectivity index (χ3n) is 4.86. The number of hydrogen-bond acceptors (Lipinski definition) is 4. The van der Waals surface area contributed by atoms with Crippen LogP contribution in [-0.2, 0) is 27.4 Å². The lowest BCUT2D eigenvalue weighted by Gasteiger charge is -2.22. The van der Waals surface area contributed by atoms with Crippen molar-refractivity contribution in [1.82, 2.24) is 16.0 Å². The van der Waals surface area contributed by atoms with Crippen molar-refractivity contribution in [2.75, 3.05) is 0 Å². The van der Waals surface area contributed by atoms with Gasteiger partial charge in [0.1, 0.15) is 18.7 Å². The predicted octanol–water partition coefficient (Wildman–Crippen LogP) is 2.94. The maximum atomic E-state index is 12.9. The van der Waals surface area contributed by atoms with E-state index >= 15 is 0 Å². The second-order valence-corrected chi connectivity index (χ2v) is 7.50. The molecule has 7 heteroatoms. The minimum absolute atomic E-state index is 0.0121. The molecule has 2 aromatic rings. The summed E-state index contributed by atoms with van der Waals surface area (Å²) in [5.41, 5.74) is 1.72. The molecule has 7 nitrogen and oxygen atoms in total. The van der Waals surface area contributed by atoms with Gasteiger partial charge in [-0.1, -0.05) is 67.6 Å². The number of carbonyl (C=O) groups is 3. The molecule has 31 heavy (non-hydrogen) atoms. The van der Waals surface area contributed by atoms with E-state index in [0.717, 1.165) is 17.5 Å². The Bertz CT molecular complexity index is 842. The first kappa shape index (κ1) is 23.9. The van der Waals surface area contributed by atoms with E-state index < -0.39 is 24.1 Å². The first-order valence-corrected chi connectivity index (χ1v) is 10.5. The molecule has 0 saturated heterocycles. The van der Waals surface area contributed by atoms with Crippen LogP contribution in [0.5, 0.6) is 0 Å². The highest BCUT2D eigenvalue weighted by Gasteiger charge is 2.25. The molecule has 0 bridgehead atoms. The van der Waals surface area contributed by atoms with Gasteiger partial charge in [0.25, 0.3) is 0 Å². The summed E-state index contributed by atoms with van der Waals surface area (Å²) in [7, 11) is 0. The van der Waals surface area contributed by atoms with E-state index in [4.69, 9.17) is 4.74 Å². The van der Waals surface area contributed by atoms with Gasteiger partial charge in [0.15, 0.2) is 0 Å². The Morgan fingerprint density at radius 1 is 0.806 bits per heavy atom. The van der Waals surface area contributed by atoms with E-state index in [0.29, 0.717) is 0 Å². The molecule has 2 rings (SSSR count). The van der Waals surface area contributed by atoms with Gasteiger partial charge in [0.2, 0.25) is 11.8 Å². The summed E-state index contributed by atoms with van der Waals surface area (Å²) >= 11 is 0. The summed E-state index contributed by atoms with van der Waals surface area (Å²) in [5.74, 6) is -0.722. The van der Waals surface area contributed by atoms with Crippen molar-refractivity contribution in [3.8, 4) is 0 Å². The van der Waals surface area contributed by atoms with Crippen LogP contribution >= 0.6 is 0 Å². The van der Waals surface area contributed by atoms with Crippen LogP contribution in [0.4, 0.5) is 4.79 Å². The highest BCUT2D eigenvalue weighted by Crippen LogP contribution is 2.06. The lowest BCUT2D eigenvalue weighted by Crippen LogP contribution is -2.54. The van der Waals surface area contributed by atoms with Crippen molar-refractivity contribution in [3.05, 3.63) is 71.8 Å². The van der Waals surface area contributed by atoms with Crippen LogP contribution in [-0.4, -0.2) is 36.0 Å². The molecule has 3 atom stereocenters. The van der Waals surface area contributed by atoms with Gasteiger partial charge < -0.3 is 20.7 Å². The van der Waals surface area contributed by atoms with Gasteiger partial charge in [0.05, 0.1) is 0 Å². The van der Waals surface area contributed by atoms with Crippen molar-refractivity contribution >= 4 is 17.9 Å². The standard InChI is InChI=1S/C24H31N3O4/c1-4-17(2)25-22(28)18(3)26-23(29)21(15-19-11-7-5-8-12-19)27-24(30)31-16-20-13-9-6-10-14-20/h5-14,17-18,21H,4,15-16H2,1-3H3,(H,25,28)(H,26,29)(H,27,30)/t17?,18?,21-/m0/s1. The molecule has 0 aromatic heterocycles. The first-order chi connectivity index (χ1) is 14.9. The van der Waals surface area contributed by atoms with Gasteiger partial charge in [-0.3, -0.25) is 9.59 Å². The molecule has 2 unspecified atom stereocenters. The molecule has 0 aliphatic heterocycles. The van der Waals surface area contributed by atoms with Crippen molar-refractivity contribution in [3.63, 3.8) is 0 Å². The maximum absolute atomic E-state index is 12.9. The summed E-state index contributed by atoms with van der Waals surface area (Å²) in [6.07, 6.45) is 0.363. The van der Waals surface area contributed by atoms with Gasteiger partial charge in [0, 0.05) is 12.5 Å². The molecule has 0 saturated carbocycles. The Labute approximate surface area is 183 Å². The second kappa shape index (κ2) is 12.4. The predicted molar refractivity (Wildman–Crippen MR) is 119 cm³/mol. The second-order valence-electron chi connectivity index (χ2n) is 7.50. The highest BCUT2D eigenvalue weighted by atomic mass is 16.5. The zero-order chi connectivity index (χ0) is 22.6. The number of rotatable bonds is 10. The quantitative estimate of drug-likeness (QED) is 0.545. The lowest BCUT2D eigenvalue weighted by molar-refractivity contribution is -0.129. The van der Waals surface area contributed by atoms with E-state index in [1.54, 1.807) is 6.92 Å². The smallest absolute Gasteiger partial charge is 0.408 e. The fraction of sp³-hybridized carbons (Fsp3) is 0.375. The maximum Gasteiger partial charge on any atom is 0.408 e. The third-order valence-corrected chi connectivity index (χ3v) is 4.86. The number of ether oxygens (including phenoxy) is 1. The Hall–Kier alpha value is -3.35. The van der Waals surface area contributed by atoms with Gasteiger partial charge in [-0.25, -0.2) is 4.79 Å². The Balaban J connectivity index is 2.00. The summed E-state index contributed by atoms with van der Waals surface area (Å²) < 4.78 is 5.26. The third kappa shape index (κ3) is 8.50. The first-order valence-electron chi connectivity index (χ1n) is 10.5. The monoisotopic (exact) mass is 425 g/mol. The summed E-state index contributed by atoms with van der Waals surface area (Å²) in [6, 6.07) is 17.0. The zero-order valence-corrected chi connectivity index (χ0v) is 18.3. The lowest BCUT2D eigenvalue weighted by atomic mass is 10.0.